The third-order valence-corrected chi connectivity index (χ3v) is 5.84. The molecular formula is C20H17Cl2NO4. The van der Waals surface area contributed by atoms with Gasteiger partial charge < -0.3 is 14.4 Å². The molecule has 3 rings (SSSR count). The summed E-state index contributed by atoms with van der Waals surface area (Å²) >= 11 is 12.2. The number of hydrogen-bond acceptors (Lipinski definition) is 4. The monoisotopic (exact) mass is 405 g/mol. The van der Waals surface area contributed by atoms with Crippen molar-refractivity contribution >= 4 is 41.3 Å². The minimum atomic E-state index is -0.755. The van der Waals surface area contributed by atoms with Crippen molar-refractivity contribution in [3.05, 3.63) is 62.9 Å². The maximum atomic E-state index is 12.9. The average molecular weight is 406 g/mol. The first-order valence-electron chi connectivity index (χ1n) is 8.31. The number of nitrogens with zero attached hydrogens (tertiary/aromatic N) is 1. The lowest BCUT2D eigenvalue weighted by Gasteiger charge is -2.30. The highest BCUT2D eigenvalue weighted by atomic mass is 35.5. The van der Waals surface area contributed by atoms with Gasteiger partial charge in [-0.25, -0.2) is 4.79 Å². The third-order valence-electron chi connectivity index (χ3n) is 5.10. The number of amides is 1. The molecule has 1 amide bonds. The van der Waals surface area contributed by atoms with Crippen LogP contribution < -0.4 is 0 Å². The number of likely N-dealkylation sites (N-methyl/N-ethyl adjacent to an activating group) is 1. The van der Waals surface area contributed by atoms with E-state index < -0.39 is 12.0 Å². The van der Waals surface area contributed by atoms with Crippen molar-refractivity contribution in [3.63, 3.8) is 0 Å². The Bertz CT molecular complexity index is 915. The van der Waals surface area contributed by atoms with Crippen molar-refractivity contribution in [2.24, 2.45) is 5.92 Å². The van der Waals surface area contributed by atoms with Crippen LogP contribution in [0.15, 0.2) is 47.3 Å². The molecule has 5 nitrogen and oxygen atoms in total. The molecule has 0 aromatic heterocycles. The summed E-state index contributed by atoms with van der Waals surface area (Å²) in [4.78, 5) is 37.4. The second kappa shape index (κ2) is 7.73. The molecule has 27 heavy (non-hydrogen) atoms. The lowest BCUT2D eigenvalue weighted by molar-refractivity contribution is -0.130. The summed E-state index contributed by atoms with van der Waals surface area (Å²) in [7, 11) is 3.10. The van der Waals surface area contributed by atoms with Crippen molar-refractivity contribution in [2.75, 3.05) is 14.2 Å². The molecule has 0 saturated carbocycles. The van der Waals surface area contributed by atoms with Gasteiger partial charge in [0.05, 0.1) is 28.8 Å². The normalized spacial score (nSPS) is 22.6. The molecule has 1 aromatic rings. The highest BCUT2D eigenvalue weighted by Gasteiger charge is 2.49. The standard InChI is InChI=1S/C20H17Cl2NO4/c1-23-19(12(7-8-24)11-3-5-15(21)16(22)9-11)13-4-6-17(27-2)14(10-25)18(13)20(23)26/h3-6,8-9,12,18-19H,7H2,1-2H3. The number of aldehydes is 1. The van der Waals surface area contributed by atoms with Gasteiger partial charge in [-0.3, -0.25) is 4.79 Å². The molecule has 3 atom stereocenters. The summed E-state index contributed by atoms with van der Waals surface area (Å²) < 4.78 is 5.20. The van der Waals surface area contributed by atoms with Gasteiger partial charge in [0, 0.05) is 19.4 Å². The largest absolute Gasteiger partial charge is 0.496 e. The molecule has 0 bridgehead atoms. The highest BCUT2D eigenvalue weighted by Crippen LogP contribution is 2.45. The Kier molecular flexibility index (Phi) is 5.56. The van der Waals surface area contributed by atoms with E-state index in [0.717, 1.165) is 17.4 Å². The number of methoxy groups -OCH3 is 1. The number of rotatable bonds is 5. The predicted molar refractivity (Wildman–Crippen MR) is 102 cm³/mol. The topological polar surface area (TPSA) is 63.7 Å². The van der Waals surface area contributed by atoms with Crippen molar-refractivity contribution in [2.45, 2.75) is 18.4 Å². The molecule has 1 saturated heterocycles. The van der Waals surface area contributed by atoms with Gasteiger partial charge in [0.1, 0.15) is 23.9 Å². The number of allylic oxidation sites excluding steroid dienone is 3. The zero-order chi connectivity index (χ0) is 19.7. The van der Waals surface area contributed by atoms with Crippen LogP contribution in [0.1, 0.15) is 17.9 Å². The zero-order valence-corrected chi connectivity index (χ0v) is 16.3. The van der Waals surface area contributed by atoms with Crippen LogP contribution in [0, 0.1) is 5.92 Å². The molecule has 140 valence electrons. The molecule has 0 N–H and O–H groups in total. The van der Waals surface area contributed by atoms with E-state index >= 15 is 0 Å². The van der Waals surface area contributed by atoms with Crippen molar-refractivity contribution < 1.29 is 19.1 Å². The van der Waals surface area contributed by atoms with Gasteiger partial charge in [-0.15, -0.1) is 0 Å². The Morgan fingerprint density at radius 2 is 2.04 bits per heavy atom. The molecule has 0 radical (unpaired) electrons. The first-order chi connectivity index (χ1) is 12.9. The van der Waals surface area contributed by atoms with Crippen molar-refractivity contribution in [3.8, 4) is 0 Å². The van der Waals surface area contributed by atoms with Gasteiger partial charge in [-0.1, -0.05) is 35.3 Å². The number of ether oxygens (including phenoxy) is 1. The van der Waals surface area contributed by atoms with Crippen LogP contribution in [-0.2, 0) is 19.1 Å². The number of fused-ring (bicyclic) bond motifs is 1. The van der Waals surface area contributed by atoms with Crippen LogP contribution in [0.2, 0.25) is 10.0 Å². The van der Waals surface area contributed by atoms with E-state index in [2.05, 4.69) is 0 Å². The quantitative estimate of drug-likeness (QED) is 0.556. The van der Waals surface area contributed by atoms with Crippen LogP contribution in [0.3, 0.4) is 0 Å². The molecule has 3 unspecified atom stereocenters. The Morgan fingerprint density at radius 3 is 2.63 bits per heavy atom. The van der Waals surface area contributed by atoms with Crippen LogP contribution in [0.5, 0.6) is 0 Å². The third kappa shape index (κ3) is 3.23. The Labute approximate surface area is 166 Å². The Hall–Kier alpha value is -2.33. The van der Waals surface area contributed by atoms with Crippen molar-refractivity contribution in [1.82, 2.24) is 4.90 Å². The van der Waals surface area contributed by atoms with E-state index in [9.17, 15) is 14.4 Å². The van der Waals surface area contributed by atoms with E-state index in [1.807, 2.05) is 5.94 Å². The average Bonchev–Trinajstić information content (AvgIpc) is 2.92. The number of halogens is 2. The fraction of sp³-hybridized carbons (Fsp3) is 0.300. The van der Waals surface area contributed by atoms with E-state index in [-0.39, 0.29) is 23.8 Å². The van der Waals surface area contributed by atoms with Gasteiger partial charge in [-0.05, 0) is 29.3 Å². The van der Waals surface area contributed by atoms with Crippen LogP contribution in [0.4, 0.5) is 0 Å². The maximum Gasteiger partial charge on any atom is 0.235 e. The molecule has 1 aliphatic heterocycles. The van der Waals surface area contributed by atoms with Gasteiger partial charge in [0.25, 0.3) is 0 Å². The minimum Gasteiger partial charge on any atom is -0.496 e. The van der Waals surface area contributed by atoms with E-state index in [1.54, 1.807) is 42.3 Å². The number of carbonyl (C=O) groups excluding carboxylic acids is 3. The molecule has 7 heteroatoms. The first kappa shape index (κ1) is 19.4. The van der Waals surface area contributed by atoms with E-state index in [1.165, 1.54) is 7.11 Å². The molecule has 1 aromatic carbocycles. The van der Waals surface area contributed by atoms with Gasteiger partial charge in [0.15, 0.2) is 0 Å². The fourth-order valence-electron chi connectivity index (χ4n) is 3.85. The Balaban J connectivity index is 2.12. The van der Waals surface area contributed by atoms with Crippen molar-refractivity contribution in [1.29, 1.82) is 0 Å². The minimum absolute atomic E-state index is 0.174. The number of hydrogen-bond donors (Lipinski definition) is 0. The van der Waals surface area contributed by atoms with Gasteiger partial charge in [-0.2, -0.15) is 0 Å². The second-order valence-corrected chi connectivity index (χ2v) is 7.24. The summed E-state index contributed by atoms with van der Waals surface area (Å²) in [6.07, 6.45) is 4.43. The van der Waals surface area contributed by atoms with Crippen LogP contribution >= 0.6 is 23.2 Å². The predicted octanol–water partition coefficient (Wildman–Crippen LogP) is 3.35. The van der Waals surface area contributed by atoms with Gasteiger partial charge >= 0.3 is 0 Å². The number of carbonyl (C=O) groups is 2. The summed E-state index contributed by atoms with van der Waals surface area (Å²) in [5.74, 6) is 0.860. The molecule has 0 spiro atoms. The van der Waals surface area contributed by atoms with E-state index in [0.29, 0.717) is 15.8 Å². The maximum absolute atomic E-state index is 12.9. The lowest BCUT2D eigenvalue weighted by atomic mass is 9.79. The first-order valence-corrected chi connectivity index (χ1v) is 9.06. The zero-order valence-electron chi connectivity index (χ0n) is 14.7. The second-order valence-electron chi connectivity index (χ2n) is 6.43. The number of likely N-dealkylation sites (tertiary alicyclic amines) is 1. The lowest BCUT2D eigenvalue weighted by Crippen LogP contribution is -2.35. The smallest absolute Gasteiger partial charge is 0.235 e. The molecule has 1 heterocycles. The van der Waals surface area contributed by atoms with E-state index in [4.69, 9.17) is 27.9 Å². The van der Waals surface area contributed by atoms with Crippen LogP contribution in [0.25, 0.3) is 0 Å². The van der Waals surface area contributed by atoms with Crippen LogP contribution in [-0.4, -0.2) is 43.2 Å². The van der Waals surface area contributed by atoms with Gasteiger partial charge in [0.2, 0.25) is 5.91 Å². The highest BCUT2D eigenvalue weighted by molar-refractivity contribution is 6.42. The molecular weight excluding hydrogens is 389 g/mol. The summed E-state index contributed by atoms with van der Waals surface area (Å²) in [5.41, 5.74) is 1.70. The fourth-order valence-corrected chi connectivity index (χ4v) is 4.16. The summed E-state index contributed by atoms with van der Waals surface area (Å²) in [6, 6.07) is 4.77. The summed E-state index contributed by atoms with van der Waals surface area (Å²) in [5, 5.41) is 0.788. The number of benzene rings is 1. The Morgan fingerprint density at radius 1 is 1.30 bits per heavy atom. The molecule has 2 aliphatic rings. The SMILES string of the molecule is COC1=CC=C2C(C(=O)N(C)C2C(CC=O)c2ccc(Cl)c(Cl)c2)C1=C=O. The molecule has 1 aliphatic carbocycles. The molecule has 1 fully saturated rings. The summed E-state index contributed by atoms with van der Waals surface area (Å²) in [6.45, 7) is 0.